The van der Waals surface area contributed by atoms with Crippen LogP contribution in [0, 0.1) is 6.92 Å². The SMILES string of the molecule is COP(=O)(OC)c1ccccc1C. The van der Waals surface area contributed by atoms with Gasteiger partial charge in [-0.25, -0.2) is 0 Å². The van der Waals surface area contributed by atoms with Crippen molar-refractivity contribution in [3.63, 3.8) is 0 Å². The second-order valence-electron chi connectivity index (χ2n) is 2.65. The summed E-state index contributed by atoms with van der Waals surface area (Å²) in [5.41, 5.74) is 0.912. The normalized spacial score (nSPS) is 11.6. The standard InChI is InChI=1S/C9H13O3P/c1-8-6-4-5-7-9(8)13(10,11-2)12-3/h4-7H,1-3H3. The van der Waals surface area contributed by atoms with E-state index in [4.69, 9.17) is 9.05 Å². The fourth-order valence-corrected chi connectivity index (χ4v) is 2.46. The third-order valence-electron chi connectivity index (χ3n) is 1.89. The van der Waals surface area contributed by atoms with Crippen LogP contribution >= 0.6 is 7.60 Å². The van der Waals surface area contributed by atoms with Gasteiger partial charge in [-0.2, -0.15) is 0 Å². The van der Waals surface area contributed by atoms with Gasteiger partial charge in [-0.05, 0) is 18.6 Å². The first kappa shape index (κ1) is 10.5. The lowest BCUT2D eigenvalue weighted by atomic mass is 10.2. The van der Waals surface area contributed by atoms with Crippen molar-refractivity contribution in [1.29, 1.82) is 0 Å². The molecule has 0 amide bonds. The first-order valence-electron chi connectivity index (χ1n) is 3.92. The maximum Gasteiger partial charge on any atom is 0.361 e. The zero-order valence-electron chi connectivity index (χ0n) is 7.98. The van der Waals surface area contributed by atoms with E-state index in [0.717, 1.165) is 5.56 Å². The molecule has 0 spiro atoms. The summed E-state index contributed by atoms with van der Waals surface area (Å²) in [6.07, 6.45) is 0. The Balaban J connectivity index is 3.20. The number of hydrogen-bond donors (Lipinski definition) is 0. The van der Waals surface area contributed by atoms with Gasteiger partial charge in [-0.3, -0.25) is 4.57 Å². The molecule has 0 aromatic heterocycles. The lowest BCUT2D eigenvalue weighted by Gasteiger charge is -2.15. The summed E-state index contributed by atoms with van der Waals surface area (Å²) in [4.78, 5) is 0. The van der Waals surface area contributed by atoms with Crippen LogP contribution in [-0.4, -0.2) is 14.2 Å². The first-order chi connectivity index (χ1) is 6.14. The minimum Gasteiger partial charge on any atom is -0.309 e. The molecular formula is C9H13O3P. The van der Waals surface area contributed by atoms with Crippen molar-refractivity contribution in [2.24, 2.45) is 0 Å². The summed E-state index contributed by atoms with van der Waals surface area (Å²) in [6, 6.07) is 7.32. The molecule has 4 heteroatoms. The van der Waals surface area contributed by atoms with E-state index in [1.807, 2.05) is 25.1 Å². The van der Waals surface area contributed by atoms with Crippen LogP contribution in [0.3, 0.4) is 0 Å². The molecule has 3 nitrogen and oxygen atoms in total. The largest absolute Gasteiger partial charge is 0.361 e. The van der Waals surface area contributed by atoms with Crippen LogP contribution in [0.5, 0.6) is 0 Å². The van der Waals surface area contributed by atoms with E-state index in [0.29, 0.717) is 5.30 Å². The molecule has 13 heavy (non-hydrogen) atoms. The van der Waals surface area contributed by atoms with Crippen molar-refractivity contribution >= 4 is 12.9 Å². The second-order valence-corrected chi connectivity index (χ2v) is 4.86. The van der Waals surface area contributed by atoms with Crippen LogP contribution < -0.4 is 5.30 Å². The molecule has 0 radical (unpaired) electrons. The maximum atomic E-state index is 11.9. The van der Waals surface area contributed by atoms with Crippen molar-refractivity contribution < 1.29 is 13.6 Å². The summed E-state index contributed by atoms with van der Waals surface area (Å²) in [7, 11) is -0.300. The molecular weight excluding hydrogens is 187 g/mol. The van der Waals surface area contributed by atoms with E-state index >= 15 is 0 Å². The van der Waals surface area contributed by atoms with E-state index in [2.05, 4.69) is 0 Å². The van der Waals surface area contributed by atoms with Gasteiger partial charge in [-0.15, -0.1) is 0 Å². The molecule has 0 fully saturated rings. The predicted octanol–water partition coefficient (Wildman–Crippen LogP) is 2.11. The molecule has 0 bridgehead atoms. The second kappa shape index (κ2) is 4.05. The number of rotatable bonds is 3. The van der Waals surface area contributed by atoms with Gasteiger partial charge < -0.3 is 9.05 Å². The van der Waals surface area contributed by atoms with Crippen molar-refractivity contribution in [2.75, 3.05) is 14.2 Å². The average Bonchev–Trinajstić information content (AvgIpc) is 2.17. The summed E-state index contributed by atoms with van der Waals surface area (Å²) < 4.78 is 21.7. The Morgan fingerprint density at radius 1 is 1.15 bits per heavy atom. The van der Waals surface area contributed by atoms with Gasteiger partial charge in [0.25, 0.3) is 0 Å². The zero-order valence-corrected chi connectivity index (χ0v) is 8.88. The molecule has 0 unspecified atom stereocenters. The Kier molecular flexibility index (Phi) is 3.26. The van der Waals surface area contributed by atoms with E-state index < -0.39 is 7.60 Å². The molecule has 1 aromatic rings. The monoisotopic (exact) mass is 200 g/mol. The Bertz CT molecular complexity index is 327. The molecule has 72 valence electrons. The highest BCUT2D eigenvalue weighted by molar-refractivity contribution is 7.62. The lowest BCUT2D eigenvalue weighted by Crippen LogP contribution is -2.10. The van der Waals surface area contributed by atoms with Gasteiger partial charge in [0.2, 0.25) is 0 Å². The van der Waals surface area contributed by atoms with Gasteiger partial charge in [0.05, 0.1) is 5.30 Å². The number of hydrogen-bond acceptors (Lipinski definition) is 3. The Hall–Kier alpha value is -0.630. The van der Waals surface area contributed by atoms with Crippen molar-refractivity contribution in [3.8, 4) is 0 Å². The molecule has 0 aliphatic carbocycles. The van der Waals surface area contributed by atoms with Gasteiger partial charge >= 0.3 is 7.60 Å². The third-order valence-corrected chi connectivity index (χ3v) is 3.94. The van der Waals surface area contributed by atoms with E-state index in [-0.39, 0.29) is 0 Å². The smallest absolute Gasteiger partial charge is 0.309 e. The van der Waals surface area contributed by atoms with Crippen molar-refractivity contribution in [1.82, 2.24) is 0 Å². The van der Waals surface area contributed by atoms with E-state index in [9.17, 15) is 4.57 Å². The van der Waals surface area contributed by atoms with Crippen molar-refractivity contribution in [2.45, 2.75) is 6.92 Å². The van der Waals surface area contributed by atoms with Crippen molar-refractivity contribution in [3.05, 3.63) is 29.8 Å². The molecule has 1 rings (SSSR count). The highest BCUT2D eigenvalue weighted by Gasteiger charge is 2.25. The van der Waals surface area contributed by atoms with Crippen LogP contribution in [0.2, 0.25) is 0 Å². The van der Waals surface area contributed by atoms with Gasteiger partial charge in [0, 0.05) is 14.2 Å². The van der Waals surface area contributed by atoms with Gasteiger partial charge in [0.1, 0.15) is 0 Å². The van der Waals surface area contributed by atoms with Crippen LogP contribution in [0.25, 0.3) is 0 Å². The Morgan fingerprint density at radius 3 is 2.15 bits per heavy atom. The summed E-state index contributed by atoms with van der Waals surface area (Å²) in [6.45, 7) is 1.88. The third kappa shape index (κ3) is 1.99. The van der Waals surface area contributed by atoms with Crippen LogP contribution in [0.15, 0.2) is 24.3 Å². The summed E-state index contributed by atoms with van der Waals surface area (Å²) >= 11 is 0. The highest BCUT2D eigenvalue weighted by atomic mass is 31.2. The highest BCUT2D eigenvalue weighted by Crippen LogP contribution is 2.45. The van der Waals surface area contributed by atoms with Crippen LogP contribution in [0.4, 0.5) is 0 Å². The molecule has 0 N–H and O–H groups in total. The number of benzene rings is 1. The molecule has 0 atom stereocenters. The quantitative estimate of drug-likeness (QED) is 0.701. The van der Waals surface area contributed by atoms with Gasteiger partial charge in [0.15, 0.2) is 0 Å². The Labute approximate surface area is 78.2 Å². The minimum atomic E-state index is -3.07. The predicted molar refractivity (Wildman–Crippen MR) is 52.4 cm³/mol. The number of aryl methyl sites for hydroxylation is 1. The zero-order chi connectivity index (χ0) is 9.90. The summed E-state index contributed by atoms with van der Waals surface area (Å²) in [5, 5.41) is 0.625. The molecule has 0 saturated heterocycles. The minimum absolute atomic E-state index is 0.625. The van der Waals surface area contributed by atoms with E-state index in [1.165, 1.54) is 14.2 Å². The Morgan fingerprint density at radius 2 is 1.69 bits per heavy atom. The van der Waals surface area contributed by atoms with Gasteiger partial charge in [-0.1, -0.05) is 18.2 Å². The van der Waals surface area contributed by atoms with Crippen LogP contribution in [-0.2, 0) is 13.6 Å². The van der Waals surface area contributed by atoms with Crippen LogP contribution in [0.1, 0.15) is 5.56 Å². The lowest BCUT2D eigenvalue weighted by molar-refractivity contribution is 0.287. The summed E-state index contributed by atoms with van der Waals surface area (Å²) in [5.74, 6) is 0. The fourth-order valence-electron chi connectivity index (χ4n) is 1.14. The molecule has 1 aromatic carbocycles. The first-order valence-corrected chi connectivity index (χ1v) is 5.46. The maximum absolute atomic E-state index is 11.9. The molecule has 0 heterocycles. The molecule has 0 saturated carbocycles. The molecule has 0 aliphatic rings. The average molecular weight is 200 g/mol. The topological polar surface area (TPSA) is 35.5 Å². The molecule has 0 aliphatic heterocycles. The van der Waals surface area contributed by atoms with E-state index in [1.54, 1.807) is 6.07 Å². The fraction of sp³-hybridized carbons (Fsp3) is 0.333.